The summed E-state index contributed by atoms with van der Waals surface area (Å²) in [6, 6.07) is 7.68. The molecule has 1 N–H and O–H groups in total. The Morgan fingerprint density at radius 2 is 2.36 bits per heavy atom. The Labute approximate surface area is 136 Å². The van der Waals surface area contributed by atoms with Gasteiger partial charge in [-0.1, -0.05) is 22.0 Å². The minimum absolute atomic E-state index is 0.230. The Balaban J connectivity index is 1.74. The average Bonchev–Trinajstić information content (AvgIpc) is 2.94. The summed E-state index contributed by atoms with van der Waals surface area (Å²) < 4.78 is 11.5. The van der Waals surface area contributed by atoms with Gasteiger partial charge in [0.05, 0.1) is 31.2 Å². The molecule has 1 aromatic heterocycles. The van der Waals surface area contributed by atoms with Gasteiger partial charge < -0.3 is 14.8 Å². The highest BCUT2D eigenvalue weighted by molar-refractivity contribution is 9.10. The molecular formula is C16H15BrN2O3. The van der Waals surface area contributed by atoms with Crippen molar-refractivity contribution in [1.29, 1.82) is 0 Å². The third-order valence-corrected chi connectivity index (χ3v) is 4.11. The maximum Gasteiger partial charge on any atom is 0.340 e. The summed E-state index contributed by atoms with van der Waals surface area (Å²) in [7, 11) is 1.37. The van der Waals surface area contributed by atoms with Crippen molar-refractivity contribution >= 4 is 27.6 Å². The van der Waals surface area contributed by atoms with Crippen molar-refractivity contribution in [3.05, 3.63) is 52.3 Å². The van der Waals surface area contributed by atoms with E-state index in [1.54, 1.807) is 18.5 Å². The number of hydrogen-bond acceptors (Lipinski definition) is 5. The van der Waals surface area contributed by atoms with Crippen LogP contribution in [0.25, 0.3) is 0 Å². The van der Waals surface area contributed by atoms with Gasteiger partial charge in [-0.3, -0.25) is 4.98 Å². The highest BCUT2D eigenvalue weighted by atomic mass is 79.9. The van der Waals surface area contributed by atoms with Crippen LogP contribution >= 0.6 is 15.9 Å². The van der Waals surface area contributed by atoms with Crippen LogP contribution in [0, 0.1) is 0 Å². The van der Waals surface area contributed by atoms with Gasteiger partial charge in [-0.05, 0) is 18.2 Å². The molecule has 0 saturated heterocycles. The van der Waals surface area contributed by atoms with E-state index in [-0.39, 0.29) is 11.9 Å². The lowest BCUT2D eigenvalue weighted by Gasteiger charge is -2.13. The van der Waals surface area contributed by atoms with E-state index in [4.69, 9.17) is 9.47 Å². The van der Waals surface area contributed by atoms with Crippen LogP contribution in [0.15, 0.2) is 41.1 Å². The standard InChI is InChI=1S/C16H15BrN2O3/c1-21-16(20)13-4-5-18-8-14(13)19-7-10-9-22-15-6-11(17)2-3-12(10)15/h2-6,8,10,19H,7,9H2,1H3. The van der Waals surface area contributed by atoms with E-state index >= 15 is 0 Å². The summed E-state index contributed by atoms with van der Waals surface area (Å²) in [6.45, 7) is 1.27. The van der Waals surface area contributed by atoms with Crippen molar-refractivity contribution in [2.75, 3.05) is 25.6 Å². The van der Waals surface area contributed by atoms with Gasteiger partial charge in [0.25, 0.3) is 0 Å². The number of nitrogens with one attached hydrogen (secondary N) is 1. The first kappa shape index (κ1) is 14.8. The highest BCUT2D eigenvalue weighted by Gasteiger charge is 2.24. The molecule has 5 nitrogen and oxygen atoms in total. The molecule has 0 spiro atoms. The summed E-state index contributed by atoms with van der Waals surface area (Å²) in [6.07, 6.45) is 3.20. The largest absolute Gasteiger partial charge is 0.493 e. The smallest absolute Gasteiger partial charge is 0.340 e. The van der Waals surface area contributed by atoms with Gasteiger partial charge in [-0.25, -0.2) is 4.79 Å². The Morgan fingerprint density at radius 3 is 3.18 bits per heavy atom. The normalized spacial score (nSPS) is 15.8. The van der Waals surface area contributed by atoms with Gasteiger partial charge in [-0.2, -0.15) is 0 Å². The summed E-state index contributed by atoms with van der Waals surface area (Å²) >= 11 is 3.44. The molecule has 1 atom stereocenters. The maximum atomic E-state index is 11.7. The van der Waals surface area contributed by atoms with E-state index in [1.165, 1.54) is 12.7 Å². The number of rotatable bonds is 4. The topological polar surface area (TPSA) is 60.5 Å². The average molecular weight is 363 g/mol. The van der Waals surface area contributed by atoms with E-state index in [1.807, 2.05) is 12.1 Å². The van der Waals surface area contributed by atoms with Crippen molar-refractivity contribution in [2.24, 2.45) is 0 Å². The molecule has 2 heterocycles. The molecule has 0 aliphatic carbocycles. The number of halogens is 1. The Morgan fingerprint density at radius 1 is 1.50 bits per heavy atom. The molecule has 2 aromatic rings. The molecule has 6 heteroatoms. The van der Waals surface area contributed by atoms with Crippen LogP contribution in [0.2, 0.25) is 0 Å². The number of hydrogen-bond donors (Lipinski definition) is 1. The summed E-state index contributed by atoms with van der Waals surface area (Å²) in [5.41, 5.74) is 2.31. The molecule has 1 unspecified atom stereocenters. The number of nitrogens with zero attached hydrogens (tertiary/aromatic N) is 1. The first-order chi connectivity index (χ1) is 10.7. The first-order valence-electron chi connectivity index (χ1n) is 6.87. The van der Waals surface area contributed by atoms with Crippen LogP contribution in [-0.4, -0.2) is 31.2 Å². The third-order valence-electron chi connectivity index (χ3n) is 3.62. The number of carbonyl (C=O) groups is 1. The monoisotopic (exact) mass is 362 g/mol. The van der Waals surface area contributed by atoms with Crippen molar-refractivity contribution in [2.45, 2.75) is 5.92 Å². The van der Waals surface area contributed by atoms with Crippen molar-refractivity contribution in [3.8, 4) is 5.75 Å². The zero-order chi connectivity index (χ0) is 15.5. The SMILES string of the molecule is COC(=O)c1ccncc1NCC1COc2cc(Br)ccc21. The second kappa shape index (κ2) is 6.36. The summed E-state index contributed by atoms with van der Waals surface area (Å²) in [5.74, 6) is 0.756. The van der Waals surface area contributed by atoms with Gasteiger partial charge in [0.1, 0.15) is 5.75 Å². The van der Waals surface area contributed by atoms with E-state index in [2.05, 4.69) is 32.3 Å². The number of carbonyl (C=O) groups excluding carboxylic acids is 1. The molecule has 22 heavy (non-hydrogen) atoms. The molecule has 1 aliphatic heterocycles. The lowest BCUT2D eigenvalue weighted by molar-refractivity contribution is 0.0601. The first-order valence-corrected chi connectivity index (χ1v) is 7.67. The van der Waals surface area contributed by atoms with Crippen LogP contribution < -0.4 is 10.1 Å². The Kier molecular flexibility index (Phi) is 4.29. The maximum absolute atomic E-state index is 11.7. The molecule has 114 valence electrons. The van der Waals surface area contributed by atoms with Crippen LogP contribution in [-0.2, 0) is 4.74 Å². The zero-order valence-electron chi connectivity index (χ0n) is 12.0. The van der Waals surface area contributed by atoms with Crippen LogP contribution in [0.5, 0.6) is 5.75 Å². The number of benzene rings is 1. The third kappa shape index (κ3) is 2.92. The predicted molar refractivity (Wildman–Crippen MR) is 86.4 cm³/mol. The van der Waals surface area contributed by atoms with Crippen LogP contribution in [0.1, 0.15) is 21.8 Å². The van der Waals surface area contributed by atoms with E-state index < -0.39 is 0 Å². The number of esters is 1. The van der Waals surface area contributed by atoms with Gasteiger partial charge in [-0.15, -0.1) is 0 Å². The number of aromatic nitrogens is 1. The van der Waals surface area contributed by atoms with Gasteiger partial charge in [0.2, 0.25) is 0 Å². The number of methoxy groups -OCH3 is 1. The highest BCUT2D eigenvalue weighted by Crippen LogP contribution is 2.36. The summed E-state index contributed by atoms with van der Waals surface area (Å²) in [4.78, 5) is 15.8. The fourth-order valence-corrected chi connectivity index (χ4v) is 2.82. The molecule has 0 fully saturated rings. The van der Waals surface area contributed by atoms with Crippen molar-refractivity contribution in [1.82, 2.24) is 4.98 Å². The van der Waals surface area contributed by atoms with Crippen LogP contribution in [0.3, 0.4) is 0 Å². The van der Waals surface area contributed by atoms with Gasteiger partial charge in [0.15, 0.2) is 0 Å². The molecule has 0 amide bonds. The van der Waals surface area contributed by atoms with E-state index in [0.717, 1.165) is 10.2 Å². The molecule has 0 bridgehead atoms. The van der Waals surface area contributed by atoms with Gasteiger partial charge in [0, 0.05) is 28.7 Å². The Hall–Kier alpha value is -2.08. The zero-order valence-corrected chi connectivity index (χ0v) is 13.6. The van der Waals surface area contributed by atoms with Crippen molar-refractivity contribution in [3.63, 3.8) is 0 Å². The fourth-order valence-electron chi connectivity index (χ4n) is 2.48. The summed E-state index contributed by atoms with van der Waals surface area (Å²) in [5, 5.41) is 3.27. The quantitative estimate of drug-likeness (QED) is 0.846. The van der Waals surface area contributed by atoms with Crippen LogP contribution in [0.4, 0.5) is 5.69 Å². The number of ether oxygens (including phenoxy) is 2. The number of anilines is 1. The fraction of sp³-hybridized carbons (Fsp3) is 0.250. The lowest BCUT2D eigenvalue weighted by atomic mass is 10.0. The Bertz CT molecular complexity index is 706. The molecule has 0 radical (unpaired) electrons. The molecule has 1 aromatic carbocycles. The minimum atomic E-state index is -0.378. The minimum Gasteiger partial charge on any atom is -0.493 e. The lowest BCUT2D eigenvalue weighted by Crippen LogP contribution is -2.16. The molecule has 3 rings (SSSR count). The number of pyridine rings is 1. The number of fused-ring (bicyclic) bond motifs is 1. The predicted octanol–water partition coefficient (Wildman–Crippen LogP) is 3.22. The van der Waals surface area contributed by atoms with E-state index in [9.17, 15) is 4.79 Å². The van der Waals surface area contributed by atoms with E-state index in [0.29, 0.717) is 24.4 Å². The second-order valence-electron chi connectivity index (χ2n) is 4.98. The molecular weight excluding hydrogens is 348 g/mol. The second-order valence-corrected chi connectivity index (χ2v) is 5.90. The molecule has 0 saturated carbocycles. The van der Waals surface area contributed by atoms with Crippen molar-refractivity contribution < 1.29 is 14.3 Å². The van der Waals surface area contributed by atoms with Gasteiger partial charge >= 0.3 is 5.97 Å². The molecule has 1 aliphatic rings.